The molecule has 0 radical (unpaired) electrons. The smallest absolute Gasteiger partial charge is 0.306 e. The van der Waals surface area contributed by atoms with Crippen molar-refractivity contribution in [3.05, 3.63) is 24.3 Å². The molecule has 1 unspecified atom stereocenters. The van der Waals surface area contributed by atoms with Crippen molar-refractivity contribution in [3.63, 3.8) is 0 Å². The van der Waals surface area contributed by atoms with Crippen molar-refractivity contribution in [3.8, 4) is 0 Å². The van der Waals surface area contributed by atoms with Gasteiger partial charge in [0.2, 0.25) is 0 Å². The van der Waals surface area contributed by atoms with Crippen LogP contribution in [0.25, 0.3) is 0 Å². The van der Waals surface area contributed by atoms with Crippen LogP contribution in [0, 0.1) is 0 Å². The standard InChI is InChI=1S/C47H86O6/c1-4-7-10-13-16-18-20-22-23-25-26-28-31-34-37-40-46(49)52-43-44(42-51-45(48)39-36-33-30-15-12-9-6-3)53-47(50)41-38-35-32-29-27-24-21-19-17-14-11-8-5-2/h11,14,19,21,44H,4-10,12-13,15-18,20,22-43H2,1-3H3/b14-11-,21-19-. The SMILES string of the molecule is CCC/C=C\C/C=C\CCCCCCCC(=O)OC(COC(=O)CCCCCCCCC)COC(=O)CCCCCCCCCCCCCCCCC. The molecule has 1 atom stereocenters. The van der Waals surface area contributed by atoms with E-state index in [-0.39, 0.29) is 31.1 Å². The fourth-order valence-corrected chi connectivity index (χ4v) is 6.48. The molecular weight excluding hydrogens is 661 g/mol. The van der Waals surface area contributed by atoms with Crippen LogP contribution in [0.5, 0.6) is 0 Å². The second-order valence-electron chi connectivity index (χ2n) is 15.3. The minimum Gasteiger partial charge on any atom is -0.462 e. The van der Waals surface area contributed by atoms with Gasteiger partial charge in [-0.3, -0.25) is 14.4 Å². The molecule has 53 heavy (non-hydrogen) atoms. The molecule has 6 heteroatoms. The fraction of sp³-hybridized carbons (Fsp3) is 0.851. The first kappa shape index (κ1) is 50.9. The zero-order valence-electron chi connectivity index (χ0n) is 35.3. The highest BCUT2D eigenvalue weighted by Crippen LogP contribution is 2.15. The molecule has 6 nitrogen and oxygen atoms in total. The normalized spacial score (nSPS) is 12.1. The summed E-state index contributed by atoms with van der Waals surface area (Å²) in [5.41, 5.74) is 0. The van der Waals surface area contributed by atoms with Crippen LogP contribution < -0.4 is 0 Å². The van der Waals surface area contributed by atoms with Gasteiger partial charge >= 0.3 is 17.9 Å². The van der Waals surface area contributed by atoms with E-state index in [1.807, 2.05) is 0 Å². The predicted octanol–water partition coefficient (Wildman–Crippen LogP) is 14.4. The lowest BCUT2D eigenvalue weighted by Gasteiger charge is -2.18. The van der Waals surface area contributed by atoms with E-state index in [1.54, 1.807) is 0 Å². The second-order valence-corrected chi connectivity index (χ2v) is 15.3. The lowest BCUT2D eigenvalue weighted by Crippen LogP contribution is -2.30. The van der Waals surface area contributed by atoms with Crippen molar-refractivity contribution >= 4 is 17.9 Å². The molecule has 0 aromatic rings. The van der Waals surface area contributed by atoms with E-state index in [4.69, 9.17) is 14.2 Å². The summed E-state index contributed by atoms with van der Waals surface area (Å²) in [6, 6.07) is 0. The molecule has 0 rings (SSSR count). The number of ether oxygens (including phenoxy) is 3. The van der Waals surface area contributed by atoms with Gasteiger partial charge < -0.3 is 14.2 Å². The quantitative estimate of drug-likeness (QED) is 0.0268. The Balaban J connectivity index is 4.29. The third kappa shape index (κ3) is 40.9. The summed E-state index contributed by atoms with van der Waals surface area (Å²) in [6.45, 7) is 6.53. The topological polar surface area (TPSA) is 78.9 Å². The minimum absolute atomic E-state index is 0.0735. The van der Waals surface area contributed by atoms with Gasteiger partial charge in [0, 0.05) is 19.3 Å². The molecular formula is C47H86O6. The molecule has 0 saturated heterocycles. The highest BCUT2D eigenvalue weighted by atomic mass is 16.6. The van der Waals surface area contributed by atoms with Crippen LogP contribution in [0.1, 0.15) is 239 Å². The molecule has 0 aromatic carbocycles. The van der Waals surface area contributed by atoms with Crippen LogP contribution in [0.4, 0.5) is 0 Å². The molecule has 0 amide bonds. The van der Waals surface area contributed by atoms with E-state index in [0.29, 0.717) is 19.3 Å². The van der Waals surface area contributed by atoms with Gasteiger partial charge in [-0.1, -0.05) is 199 Å². The second kappa shape index (κ2) is 42.6. The Bertz CT molecular complexity index is 865. The van der Waals surface area contributed by atoms with Crippen molar-refractivity contribution in [2.24, 2.45) is 0 Å². The van der Waals surface area contributed by atoms with Gasteiger partial charge in [0.15, 0.2) is 6.10 Å². The molecule has 0 saturated carbocycles. The van der Waals surface area contributed by atoms with Gasteiger partial charge in [-0.25, -0.2) is 0 Å². The number of rotatable bonds is 41. The summed E-state index contributed by atoms with van der Waals surface area (Å²) in [7, 11) is 0. The van der Waals surface area contributed by atoms with Crippen LogP contribution in [0.2, 0.25) is 0 Å². The Morgan fingerprint density at radius 2 is 0.717 bits per heavy atom. The highest BCUT2D eigenvalue weighted by molar-refractivity contribution is 5.71. The minimum atomic E-state index is -0.769. The summed E-state index contributed by atoms with van der Waals surface area (Å²) in [6.07, 6.45) is 46.0. The number of hydrogen-bond donors (Lipinski definition) is 0. The lowest BCUT2D eigenvalue weighted by molar-refractivity contribution is -0.167. The maximum atomic E-state index is 12.7. The number of carbonyl (C=O) groups is 3. The Morgan fingerprint density at radius 1 is 0.377 bits per heavy atom. The Kier molecular flexibility index (Phi) is 40.9. The maximum absolute atomic E-state index is 12.7. The van der Waals surface area contributed by atoms with Crippen LogP contribution in [0.15, 0.2) is 24.3 Å². The van der Waals surface area contributed by atoms with Crippen molar-refractivity contribution < 1.29 is 28.6 Å². The van der Waals surface area contributed by atoms with E-state index in [0.717, 1.165) is 89.9 Å². The Labute approximate surface area is 328 Å². The largest absolute Gasteiger partial charge is 0.462 e. The maximum Gasteiger partial charge on any atom is 0.306 e. The van der Waals surface area contributed by atoms with E-state index >= 15 is 0 Å². The summed E-state index contributed by atoms with van der Waals surface area (Å²) >= 11 is 0. The summed E-state index contributed by atoms with van der Waals surface area (Å²) in [5, 5.41) is 0. The van der Waals surface area contributed by atoms with Crippen molar-refractivity contribution in [2.45, 2.75) is 245 Å². The van der Waals surface area contributed by atoms with E-state index < -0.39 is 6.10 Å². The molecule has 0 aliphatic heterocycles. The number of unbranched alkanes of at least 4 members (excludes halogenated alkanes) is 26. The van der Waals surface area contributed by atoms with Gasteiger partial charge in [0.1, 0.15) is 13.2 Å². The van der Waals surface area contributed by atoms with Gasteiger partial charge in [0.05, 0.1) is 0 Å². The third-order valence-corrected chi connectivity index (χ3v) is 9.94. The molecule has 0 spiro atoms. The van der Waals surface area contributed by atoms with E-state index in [1.165, 1.54) is 109 Å². The fourth-order valence-electron chi connectivity index (χ4n) is 6.48. The molecule has 0 N–H and O–H groups in total. The molecule has 0 fully saturated rings. The molecule has 0 aliphatic carbocycles. The first-order chi connectivity index (χ1) is 26.0. The highest BCUT2D eigenvalue weighted by Gasteiger charge is 2.19. The third-order valence-electron chi connectivity index (χ3n) is 9.94. The average Bonchev–Trinajstić information content (AvgIpc) is 3.15. The monoisotopic (exact) mass is 747 g/mol. The first-order valence-corrected chi connectivity index (χ1v) is 22.8. The lowest BCUT2D eigenvalue weighted by atomic mass is 10.0. The Hall–Kier alpha value is -2.11. The summed E-state index contributed by atoms with van der Waals surface area (Å²) < 4.78 is 16.6. The summed E-state index contributed by atoms with van der Waals surface area (Å²) in [4.78, 5) is 37.6. The average molecular weight is 747 g/mol. The van der Waals surface area contributed by atoms with Crippen LogP contribution >= 0.6 is 0 Å². The van der Waals surface area contributed by atoms with E-state index in [9.17, 15) is 14.4 Å². The number of carbonyl (C=O) groups excluding carboxylic acids is 3. The van der Waals surface area contributed by atoms with Crippen LogP contribution in [-0.4, -0.2) is 37.2 Å². The molecule has 0 bridgehead atoms. The van der Waals surface area contributed by atoms with Crippen molar-refractivity contribution in [2.75, 3.05) is 13.2 Å². The number of allylic oxidation sites excluding steroid dienone is 4. The van der Waals surface area contributed by atoms with Gasteiger partial charge in [0.25, 0.3) is 0 Å². The molecule has 310 valence electrons. The van der Waals surface area contributed by atoms with Crippen molar-refractivity contribution in [1.29, 1.82) is 0 Å². The van der Waals surface area contributed by atoms with Gasteiger partial charge in [-0.05, 0) is 44.9 Å². The zero-order valence-corrected chi connectivity index (χ0v) is 35.3. The van der Waals surface area contributed by atoms with Crippen molar-refractivity contribution in [1.82, 2.24) is 0 Å². The predicted molar refractivity (Wildman–Crippen MR) is 224 cm³/mol. The van der Waals surface area contributed by atoms with Gasteiger partial charge in [-0.2, -0.15) is 0 Å². The number of hydrogen-bond acceptors (Lipinski definition) is 6. The van der Waals surface area contributed by atoms with Crippen LogP contribution in [0.3, 0.4) is 0 Å². The van der Waals surface area contributed by atoms with E-state index in [2.05, 4.69) is 45.1 Å². The molecule has 0 aromatic heterocycles. The summed E-state index contributed by atoms with van der Waals surface area (Å²) in [5.74, 6) is -0.889. The molecule has 0 heterocycles. The van der Waals surface area contributed by atoms with Gasteiger partial charge in [-0.15, -0.1) is 0 Å². The Morgan fingerprint density at radius 3 is 1.11 bits per heavy atom. The first-order valence-electron chi connectivity index (χ1n) is 22.8. The van der Waals surface area contributed by atoms with Crippen LogP contribution in [-0.2, 0) is 28.6 Å². The zero-order chi connectivity index (χ0) is 38.7. The molecule has 0 aliphatic rings. The number of esters is 3.